The van der Waals surface area contributed by atoms with E-state index in [0.29, 0.717) is 18.0 Å². The number of hydrogen-bond donors (Lipinski definition) is 1. The van der Waals surface area contributed by atoms with E-state index in [1.54, 1.807) is 25.3 Å². The first-order valence-corrected chi connectivity index (χ1v) is 6.18. The van der Waals surface area contributed by atoms with Crippen LogP contribution in [0.5, 0.6) is 5.88 Å². The Kier molecular flexibility index (Phi) is 4.32. The molecule has 6 nitrogen and oxygen atoms in total. The van der Waals surface area contributed by atoms with E-state index < -0.39 is 10.7 Å². The third-order valence-electron chi connectivity index (χ3n) is 2.97. The molecule has 0 spiro atoms. The molecule has 0 radical (unpaired) electrons. The molecule has 0 saturated heterocycles. The summed E-state index contributed by atoms with van der Waals surface area (Å²) < 4.78 is 18.4. The van der Waals surface area contributed by atoms with Crippen LogP contribution < -0.4 is 10.1 Å². The third kappa shape index (κ3) is 3.44. The highest BCUT2D eigenvalue weighted by Crippen LogP contribution is 2.28. The molecule has 1 aromatic heterocycles. The minimum Gasteiger partial charge on any atom is -0.481 e. The Morgan fingerprint density at radius 3 is 2.86 bits per heavy atom. The second-order valence-corrected chi connectivity index (χ2v) is 4.44. The minimum absolute atomic E-state index is 0.273. The molecule has 0 amide bonds. The van der Waals surface area contributed by atoms with E-state index in [-0.39, 0.29) is 11.4 Å². The lowest BCUT2D eigenvalue weighted by atomic mass is 10.1. The Labute approximate surface area is 120 Å². The van der Waals surface area contributed by atoms with Crippen LogP contribution in [0.15, 0.2) is 30.5 Å². The Bertz CT molecular complexity index is 677. The van der Waals surface area contributed by atoms with Crippen molar-refractivity contribution >= 4 is 11.4 Å². The largest absolute Gasteiger partial charge is 0.481 e. The summed E-state index contributed by atoms with van der Waals surface area (Å²) in [5, 5.41) is 13.9. The van der Waals surface area contributed by atoms with Gasteiger partial charge in [0.1, 0.15) is 11.5 Å². The summed E-state index contributed by atoms with van der Waals surface area (Å²) in [6, 6.07) is 5.82. The van der Waals surface area contributed by atoms with Gasteiger partial charge in [-0.1, -0.05) is 0 Å². The lowest BCUT2D eigenvalue weighted by molar-refractivity contribution is -0.384. The standard InChI is InChI=1S/C14H14FN3O3/c1-9-5-12(13(18(19)20)7-11(9)15)17-8-10-3-4-16-14(6-10)21-2/h3-7,17H,8H2,1-2H3. The van der Waals surface area contributed by atoms with Crippen LogP contribution in [-0.4, -0.2) is 17.0 Å². The monoisotopic (exact) mass is 291 g/mol. The van der Waals surface area contributed by atoms with Gasteiger partial charge in [-0.2, -0.15) is 0 Å². The zero-order chi connectivity index (χ0) is 15.4. The van der Waals surface area contributed by atoms with Crippen LogP contribution in [0.25, 0.3) is 0 Å². The summed E-state index contributed by atoms with van der Waals surface area (Å²) in [4.78, 5) is 14.3. The average Bonchev–Trinajstić information content (AvgIpc) is 2.48. The van der Waals surface area contributed by atoms with Crippen LogP contribution >= 0.6 is 0 Å². The van der Waals surface area contributed by atoms with E-state index in [9.17, 15) is 14.5 Å². The van der Waals surface area contributed by atoms with E-state index in [1.165, 1.54) is 13.2 Å². The Morgan fingerprint density at radius 1 is 1.43 bits per heavy atom. The number of methoxy groups -OCH3 is 1. The van der Waals surface area contributed by atoms with Gasteiger partial charge in [0.05, 0.1) is 18.1 Å². The van der Waals surface area contributed by atoms with Crippen molar-refractivity contribution in [2.75, 3.05) is 12.4 Å². The normalized spacial score (nSPS) is 10.2. The van der Waals surface area contributed by atoms with Crippen LogP contribution in [0.2, 0.25) is 0 Å². The number of rotatable bonds is 5. The zero-order valence-electron chi connectivity index (χ0n) is 11.6. The van der Waals surface area contributed by atoms with E-state index in [1.807, 2.05) is 0 Å². The number of pyridine rings is 1. The lowest BCUT2D eigenvalue weighted by Crippen LogP contribution is -2.04. The van der Waals surface area contributed by atoms with Crippen LogP contribution in [-0.2, 0) is 6.54 Å². The number of halogens is 1. The number of ether oxygens (including phenoxy) is 1. The number of anilines is 1. The highest BCUT2D eigenvalue weighted by atomic mass is 19.1. The smallest absolute Gasteiger partial charge is 0.295 e. The molecule has 21 heavy (non-hydrogen) atoms. The minimum atomic E-state index is -0.613. The van der Waals surface area contributed by atoms with Gasteiger partial charge >= 0.3 is 0 Å². The molecular formula is C14H14FN3O3. The van der Waals surface area contributed by atoms with Gasteiger partial charge in [-0.05, 0) is 30.2 Å². The molecule has 1 N–H and O–H groups in total. The SMILES string of the molecule is COc1cc(CNc2cc(C)c(F)cc2[N+](=O)[O-])ccn1. The molecule has 2 aromatic rings. The highest BCUT2D eigenvalue weighted by molar-refractivity contribution is 5.63. The molecule has 0 aliphatic rings. The van der Waals surface area contributed by atoms with E-state index in [0.717, 1.165) is 11.6 Å². The summed E-state index contributed by atoms with van der Waals surface area (Å²) in [5.74, 6) is -0.142. The van der Waals surface area contributed by atoms with Crippen molar-refractivity contribution in [1.82, 2.24) is 4.98 Å². The van der Waals surface area contributed by atoms with Crippen molar-refractivity contribution in [2.24, 2.45) is 0 Å². The van der Waals surface area contributed by atoms with Gasteiger partial charge in [0.25, 0.3) is 5.69 Å². The van der Waals surface area contributed by atoms with Gasteiger partial charge in [-0.25, -0.2) is 9.37 Å². The molecule has 0 atom stereocenters. The predicted molar refractivity (Wildman–Crippen MR) is 75.9 cm³/mol. The predicted octanol–water partition coefficient (Wildman–Crippen LogP) is 3.06. The van der Waals surface area contributed by atoms with Gasteiger partial charge < -0.3 is 10.1 Å². The Balaban J connectivity index is 2.22. The second kappa shape index (κ2) is 6.17. The summed E-state index contributed by atoms with van der Waals surface area (Å²) in [6.07, 6.45) is 1.58. The van der Waals surface area contributed by atoms with Crippen LogP contribution in [0.4, 0.5) is 15.8 Å². The maximum Gasteiger partial charge on any atom is 0.295 e. The number of nitrogens with one attached hydrogen (secondary N) is 1. The summed E-state index contributed by atoms with van der Waals surface area (Å²) >= 11 is 0. The molecule has 0 unspecified atom stereocenters. The lowest BCUT2D eigenvalue weighted by Gasteiger charge is -2.09. The van der Waals surface area contributed by atoms with Gasteiger partial charge in [0.15, 0.2) is 0 Å². The first-order valence-electron chi connectivity index (χ1n) is 6.18. The van der Waals surface area contributed by atoms with Gasteiger partial charge in [-0.15, -0.1) is 0 Å². The molecule has 1 heterocycles. The number of aromatic nitrogens is 1. The summed E-state index contributed by atoms with van der Waals surface area (Å²) in [5.41, 5.74) is 1.17. The fraction of sp³-hybridized carbons (Fsp3) is 0.214. The van der Waals surface area contributed by atoms with E-state index >= 15 is 0 Å². The molecule has 0 bridgehead atoms. The Hall–Kier alpha value is -2.70. The van der Waals surface area contributed by atoms with Gasteiger partial charge in [0, 0.05) is 18.8 Å². The van der Waals surface area contributed by atoms with Crippen molar-refractivity contribution in [2.45, 2.75) is 13.5 Å². The van der Waals surface area contributed by atoms with Crippen LogP contribution in [0.3, 0.4) is 0 Å². The topological polar surface area (TPSA) is 77.3 Å². The molecular weight excluding hydrogens is 277 g/mol. The quantitative estimate of drug-likeness (QED) is 0.676. The van der Waals surface area contributed by atoms with Crippen molar-refractivity contribution < 1.29 is 14.1 Å². The van der Waals surface area contributed by atoms with Gasteiger partial charge in [-0.3, -0.25) is 10.1 Å². The summed E-state index contributed by atoms with van der Waals surface area (Å²) in [6.45, 7) is 1.89. The van der Waals surface area contributed by atoms with Gasteiger partial charge in [0.2, 0.25) is 5.88 Å². The molecule has 2 rings (SSSR count). The number of nitro benzene ring substituents is 1. The summed E-state index contributed by atoms with van der Waals surface area (Å²) in [7, 11) is 1.51. The molecule has 0 aliphatic carbocycles. The van der Waals surface area contributed by atoms with Crippen molar-refractivity contribution in [3.8, 4) is 5.88 Å². The fourth-order valence-corrected chi connectivity index (χ4v) is 1.83. The molecule has 1 aromatic carbocycles. The second-order valence-electron chi connectivity index (χ2n) is 4.44. The van der Waals surface area contributed by atoms with Crippen molar-refractivity contribution in [3.63, 3.8) is 0 Å². The molecule has 0 saturated carbocycles. The molecule has 110 valence electrons. The molecule has 0 fully saturated rings. The molecule has 7 heteroatoms. The fourth-order valence-electron chi connectivity index (χ4n) is 1.83. The van der Waals surface area contributed by atoms with Crippen molar-refractivity contribution in [3.05, 3.63) is 57.5 Å². The third-order valence-corrected chi connectivity index (χ3v) is 2.97. The average molecular weight is 291 g/mol. The number of nitro groups is 1. The van der Waals surface area contributed by atoms with Crippen LogP contribution in [0.1, 0.15) is 11.1 Å². The first kappa shape index (κ1) is 14.7. The first-order chi connectivity index (χ1) is 10.0. The van der Waals surface area contributed by atoms with Crippen LogP contribution in [0, 0.1) is 22.9 Å². The number of nitrogens with zero attached hydrogens (tertiary/aromatic N) is 2. The van der Waals surface area contributed by atoms with E-state index in [4.69, 9.17) is 4.74 Å². The molecule has 0 aliphatic heterocycles. The highest BCUT2D eigenvalue weighted by Gasteiger charge is 2.16. The number of benzene rings is 1. The maximum atomic E-state index is 13.4. The van der Waals surface area contributed by atoms with E-state index in [2.05, 4.69) is 10.3 Å². The number of hydrogen-bond acceptors (Lipinski definition) is 5. The Morgan fingerprint density at radius 2 is 2.19 bits per heavy atom. The van der Waals surface area contributed by atoms with Crippen molar-refractivity contribution in [1.29, 1.82) is 0 Å². The number of aryl methyl sites for hydroxylation is 1. The zero-order valence-corrected chi connectivity index (χ0v) is 11.6. The maximum absolute atomic E-state index is 13.4.